The Balaban J connectivity index is 1.99. The second-order valence-electron chi connectivity index (χ2n) is 4.50. The zero-order valence-corrected chi connectivity index (χ0v) is 10.6. The molecule has 3 nitrogen and oxygen atoms in total. The summed E-state index contributed by atoms with van der Waals surface area (Å²) in [5.74, 6) is -0.607. The molecule has 0 aliphatic carbocycles. The first kappa shape index (κ1) is 12.8. The number of ether oxygens (including phenoxy) is 2. The quantitative estimate of drug-likeness (QED) is 0.899. The highest BCUT2D eigenvalue weighted by molar-refractivity contribution is 6.30. The van der Waals surface area contributed by atoms with Crippen LogP contribution in [0.4, 0.5) is 0 Å². The molecule has 0 saturated carbocycles. The first-order valence-electron chi connectivity index (χ1n) is 5.78. The summed E-state index contributed by atoms with van der Waals surface area (Å²) in [6, 6.07) is 7.68. The third kappa shape index (κ3) is 3.42. The third-order valence-corrected chi connectivity index (χ3v) is 3.09. The van der Waals surface area contributed by atoms with E-state index in [1.165, 1.54) is 0 Å². The summed E-state index contributed by atoms with van der Waals surface area (Å²) in [6.45, 7) is 2.59. The summed E-state index contributed by atoms with van der Waals surface area (Å²) in [5.41, 5.74) is 1.09. The van der Waals surface area contributed by atoms with Gasteiger partial charge in [0.15, 0.2) is 5.79 Å². The summed E-state index contributed by atoms with van der Waals surface area (Å²) in [4.78, 5) is 0. The molecule has 1 aliphatic heterocycles. The fraction of sp³-hybridized carbons (Fsp3) is 0.538. The molecule has 2 rings (SSSR count). The number of aliphatic hydroxyl groups excluding tert-OH is 1. The van der Waals surface area contributed by atoms with Crippen molar-refractivity contribution in [2.24, 2.45) is 0 Å². The van der Waals surface area contributed by atoms with Crippen LogP contribution in [0.3, 0.4) is 0 Å². The second-order valence-corrected chi connectivity index (χ2v) is 4.94. The first-order valence-corrected chi connectivity index (χ1v) is 6.16. The Labute approximate surface area is 106 Å². The molecule has 17 heavy (non-hydrogen) atoms. The molecule has 1 aliphatic rings. The predicted molar refractivity (Wildman–Crippen MR) is 66.1 cm³/mol. The van der Waals surface area contributed by atoms with Gasteiger partial charge in [0.25, 0.3) is 0 Å². The van der Waals surface area contributed by atoms with Crippen molar-refractivity contribution in [1.29, 1.82) is 0 Å². The van der Waals surface area contributed by atoms with Crippen molar-refractivity contribution >= 4 is 11.6 Å². The van der Waals surface area contributed by atoms with E-state index in [9.17, 15) is 0 Å². The van der Waals surface area contributed by atoms with Crippen LogP contribution in [0.25, 0.3) is 0 Å². The lowest BCUT2D eigenvalue weighted by atomic mass is 10.1. The van der Waals surface area contributed by atoms with Crippen molar-refractivity contribution in [1.82, 2.24) is 0 Å². The standard InChI is InChI=1S/C13H17ClO3/c1-13(16-9-12(17-13)5-6-15)8-10-3-2-4-11(14)7-10/h2-4,7,12,15H,5-6,8-9H2,1H3. The Hall–Kier alpha value is -0.610. The molecule has 1 aromatic rings. The van der Waals surface area contributed by atoms with Gasteiger partial charge in [-0.05, 0) is 31.0 Å². The van der Waals surface area contributed by atoms with E-state index >= 15 is 0 Å². The minimum absolute atomic E-state index is 0.0100. The van der Waals surface area contributed by atoms with Gasteiger partial charge in [0.05, 0.1) is 12.7 Å². The van der Waals surface area contributed by atoms with E-state index in [1.54, 1.807) is 0 Å². The summed E-state index contributed by atoms with van der Waals surface area (Å²) >= 11 is 5.94. The molecule has 1 saturated heterocycles. The number of hydrogen-bond acceptors (Lipinski definition) is 3. The van der Waals surface area contributed by atoms with Gasteiger partial charge in [0.1, 0.15) is 0 Å². The highest BCUT2D eigenvalue weighted by atomic mass is 35.5. The average molecular weight is 257 g/mol. The van der Waals surface area contributed by atoms with Crippen LogP contribution < -0.4 is 0 Å². The van der Waals surface area contributed by atoms with E-state index in [-0.39, 0.29) is 12.7 Å². The highest BCUT2D eigenvalue weighted by Gasteiger charge is 2.36. The van der Waals surface area contributed by atoms with Crippen molar-refractivity contribution < 1.29 is 14.6 Å². The van der Waals surface area contributed by atoms with Crippen LogP contribution >= 0.6 is 11.6 Å². The minimum Gasteiger partial charge on any atom is -0.396 e. The molecule has 1 N–H and O–H groups in total. The molecule has 0 radical (unpaired) electrons. The van der Waals surface area contributed by atoms with Gasteiger partial charge in [-0.1, -0.05) is 23.7 Å². The van der Waals surface area contributed by atoms with Crippen LogP contribution in [-0.2, 0) is 15.9 Å². The van der Waals surface area contributed by atoms with Gasteiger partial charge in [-0.3, -0.25) is 0 Å². The van der Waals surface area contributed by atoms with E-state index in [4.69, 9.17) is 26.2 Å². The van der Waals surface area contributed by atoms with Crippen molar-refractivity contribution in [2.75, 3.05) is 13.2 Å². The molecular weight excluding hydrogens is 240 g/mol. The van der Waals surface area contributed by atoms with E-state index < -0.39 is 5.79 Å². The number of aliphatic hydroxyl groups is 1. The Kier molecular flexibility index (Phi) is 4.05. The molecular formula is C13H17ClO3. The molecule has 2 atom stereocenters. The number of rotatable bonds is 4. The third-order valence-electron chi connectivity index (χ3n) is 2.86. The van der Waals surface area contributed by atoms with Crippen molar-refractivity contribution in [2.45, 2.75) is 31.7 Å². The molecule has 0 aromatic heterocycles. The number of hydrogen-bond donors (Lipinski definition) is 1. The number of benzene rings is 1. The van der Waals surface area contributed by atoms with Gasteiger partial charge in [-0.25, -0.2) is 0 Å². The van der Waals surface area contributed by atoms with Crippen LogP contribution in [0.2, 0.25) is 5.02 Å². The van der Waals surface area contributed by atoms with Gasteiger partial charge < -0.3 is 14.6 Å². The normalized spacial score (nSPS) is 28.5. The maximum atomic E-state index is 8.87. The maximum Gasteiger partial charge on any atom is 0.170 e. The Morgan fingerprint density at radius 3 is 3.06 bits per heavy atom. The fourth-order valence-corrected chi connectivity index (χ4v) is 2.30. The van der Waals surface area contributed by atoms with E-state index in [1.807, 2.05) is 31.2 Å². The maximum absolute atomic E-state index is 8.87. The molecule has 1 fully saturated rings. The Bertz CT molecular complexity index is 383. The Morgan fingerprint density at radius 2 is 2.35 bits per heavy atom. The smallest absolute Gasteiger partial charge is 0.170 e. The zero-order valence-electron chi connectivity index (χ0n) is 9.86. The topological polar surface area (TPSA) is 38.7 Å². The van der Waals surface area contributed by atoms with Crippen LogP contribution in [0.5, 0.6) is 0 Å². The summed E-state index contributed by atoms with van der Waals surface area (Å²) in [6.07, 6.45) is 1.27. The van der Waals surface area contributed by atoms with E-state index in [2.05, 4.69) is 0 Å². The average Bonchev–Trinajstić information content (AvgIpc) is 2.60. The molecule has 1 aromatic carbocycles. The van der Waals surface area contributed by atoms with Crippen LogP contribution in [0.1, 0.15) is 18.9 Å². The zero-order chi connectivity index (χ0) is 12.3. The van der Waals surface area contributed by atoms with Crippen molar-refractivity contribution in [3.63, 3.8) is 0 Å². The van der Waals surface area contributed by atoms with Gasteiger partial charge >= 0.3 is 0 Å². The lowest BCUT2D eigenvalue weighted by molar-refractivity contribution is -0.153. The number of halogens is 1. The fourth-order valence-electron chi connectivity index (χ4n) is 2.09. The van der Waals surface area contributed by atoms with Crippen molar-refractivity contribution in [3.05, 3.63) is 34.9 Å². The molecule has 0 bridgehead atoms. The monoisotopic (exact) mass is 256 g/mol. The van der Waals surface area contributed by atoms with Gasteiger partial charge in [0, 0.05) is 18.1 Å². The summed E-state index contributed by atoms with van der Waals surface area (Å²) < 4.78 is 11.5. The van der Waals surface area contributed by atoms with Crippen LogP contribution in [-0.4, -0.2) is 30.2 Å². The molecule has 4 heteroatoms. The lowest BCUT2D eigenvalue weighted by Crippen LogP contribution is -2.29. The Morgan fingerprint density at radius 1 is 1.53 bits per heavy atom. The molecule has 1 heterocycles. The van der Waals surface area contributed by atoms with Gasteiger partial charge in [0.2, 0.25) is 0 Å². The van der Waals surface area contributed by atoms with Crippen LogP contribution in [0, 0.1) is 0 Å². The van der Waals surface area contributed by atoms with Crippen LogP contribution in [0.15, 0.2) is 24.3 Å². The highest BCUT2D eigenvalue weighted by Crippen LogP contribution is 2.29. The first-order chi connectivity index (χ1) is 8.11. The second kappa shape index (κ2) is 5.36. The van der Waals surface area contributed by atoms with Gasteiger partial charge in [-0.2, -0.15) is 0 Å². The van der Waals surface area contributed by atoms with E-state index in [0.29, 0.717) is 19.4 Å². The largest absolute Gasteiger partial charge is 0.396 e. The SMILES string of the molecule is CC1(Cc2cccc(Cl)c2)OCC(CCO)O1. The molecule has 0 spiro atoms. The minimum atomic E-state index is -0.607. The predicted octanol–water partition coefficient (Wildman–Crippen LogP) is 2.40. The van der Waals surface area contributed by atoms with Gasteiger partial charge in [-0.15, -0.1) is 0 Å². The van der Waals surface area contributed by atoms with Crippen molar-refractivity contribution in [3.8, 4) is 0 Å². The molecule has 94 valence electrons. The van der Waals surface area contributed by atoms with E-state index in [0.717, 1.165) is 10.6 Å². The summed E-state index contributed by atoms with van der Waals surface area (Å²) in [5, 5.41) is 9.59. The molecule has 2 unspecified atom stereocenters. The lowest BCUT2D eigenvalue weighted by Gasteiger charge is -2.23. The molecule has 0 amide bonds. The summed E-state index contributed by atoms with van der Waals surface area (Å²) in [7, 11) is 0.